The highest BCUT2D eigenvalue weighted by Crippen LogP contribution is 2.72. The molecule has 34 heavy (non-hydrogen) atoms. The van der Waals surface area contributed by atoms with Crippen LogP contribution in [0.15, 0.2) is 23.6 Å². The molecule has 1 N–H and O–H groups in total. The maximum atomic E-state index is 14.9. The minimum Gasteiger partial charge on any atom is -0.450 e. The summed E-state index contributed by atoms with van der Waals surface area (Å²) in [5.74, 6) is -4.01. The van der Waals surface area contributed by atoms with E-state index >= 15 is 0 Å². The highest BCUT2D eigenvalue weighted by Gasteiger charge is 2.76. The molecule has 3 saturated carbocycles. The maximum absolute atomic E-state index is 14.9. The van der Waals surface area contributed by atoms with Crippen LogP contribution in [-0.4, -0.2) is 45.9 Å². The average Bonchev–Trinajstić information content (AvgIpc) is 2.99. The molecule has 3 fully saturated rings. The standard InChI is InChI=1S/C26H33ClF2O5/c1-5-6-21(33)34-26(20(32)13-28)14(2)11-17-15-7-8-16-22(29)18(30)9-10-23(16,3)25(15,27)19(31)12-24(17,26)4/h9-10,14-15,17,19,31H,5-8,11-13H2,1-4H3/t14-,15-,17-,19-,23-,24-,25-,26-/m0/s1. The Morgan fingerprint density at radius 1 is 1.29 bits per heavy atom. The van der Waals surface area contributed by atoms with Crippen LogP contribution in [0.3, 0.4) is 0 Å². The smallest absolute Gasteiger partial charge is 0.306 e. The number of carbonyl (C=O) groups excluding carboxylic acids is 3. The van der Waals surface area contributed by atoms with Crippen molar-refractivity contribution in [2.45, 2.75) is 82.8 Å². The molecule has 0 saturated heterocycles. The van der Waals surface area contributed by atoms with Crippen LogP contribution in [-0.2, 0) is 19.1 Å². The lowest BCUT2D eigenvalue weighted by atomic mass is 9.45. The monoisotopic (exact) mass is 498 g/mol. The van der Waals surface area contributed by atoms with Crippen molar-refractivity contribution in [2.75, 3.05) is 6.67 Å². The summed E-state index contributed by atoms with van der Waals surface area (Å²) in [6.45, 7) is 5.86. The molecule has 0 spiro atoms. The van der Waals surface area contributed by atoms with Gasteiger partial charge in [-0.3, -0.25) is 14.4 Å². The summed E-state index contributed by atoms with van der Waals surface area (Å²) in [6.07, 6.45) is 3.30. The number of hydrogen-bond donors (Lipinski definition) is 1. The number of Topliss-reactive ketones (excluding diaryl/α,β-unsaturated/α-hetero) is 1. The Kier molecular flexibility index (Phi) is 6.17. The molecule has 0 amide bonds. The average molecular weight is 499 g/mol. The van der Waals surface area contributed by atoms with Gasteiger partial charge in [0.2, 0.25) is 11.6 Å². The van der Waals surface area contributed by atoms with Crippen molar-refractivity contribution in [1.29, 1.82) is 0 Å². The summed E-state index contributed by atoms with van der Waals surface area (Å²) in [7, 11) is 0. The lowest BCUT2D eigenvalue weighted by Crippen LogP contribution is -2.69. The Bertz CT molecular complexity index is 994. The van der Waals surface area contributed by atoms with Gasteiger partial charge in [-0.05, 0) is 55.6 Å². The molecule has 8 atom stereocenters. The molecule has 8 heteroatoms. The Labute approximate surface area is 203 Å². The first-order chi connectivity index (χ1) is 15.8. The van der Waals surface area contributed by atoms with E-state index in [1.807, 2.05) is 6.92 Å². The van der Waals surface area contributed by atoms with Gasteiger partial charge < -0.3 is 9.84 Å². The molecule has 0 radical (unpaired) electrons. The molecule has 4 aliphatic rings. The van der Waals surface area contributed by atoms with E-state index in [0.29, 0.717) is 24.8 Å². The maximum Gasteiger partial charge on any atom is 0.306 e. The van der Waals surface area contributed by atoms with E-state index in [0.717, 1.165) is 0 Å². The van der Waals surface area contributed by atoms with Crippen molar-refractivity contribution >= 4 is 29.1 Å². The van der Waals surface area contributed by atoms with Gasteiger partial charge in [0.1, 0.15) is 0 Å². The number of hydrogen-bond acceptors (Lipinski definition) is 5. The van der Waals surface area contributed by atoms with Crippen LogP contribution >= 0.6 is 11.6 Å². The number of halogens is 3. The first kappa shape index (κ1) is 25.5. The fourth-order valence-electron chi connectivity index (χ4n) is 8.01. The molecule has 0 aromatic rings. The SMILES string of the molecule is CCCC(=O)O[C@]1(C(=O)CF)[C@@H](C)C[C@H]2[C@@H]3CCC4=C(F)C(=O)C=C[C@]4(C)[C@@]3(Cl)[C@@H](O)C[C@@]21C. The Morgan fingerprint density at radius 2 is 1.97 bits per heavy atom. The van der Waals surface area contributed by atoms with Crippen molar-refractivity contribution in [3.05, 3.63) is 23.6 Å². The van der Waals surface area contributed by atoms with Gasteiger partial charge in [-0.15, -0.1) is 11.6 Å². The van der Waals surface area contributed by atoms with Gasteiger partial charge in [0.05, 0.1) is 11.0 Å². The van der Waals surface area contributed by atoms with E-state index in [4.69, 9.17) is 16.3 Å². The van der Waals surface area contributed by atoms with E-state index in [9.17, 15) is 28.3 Å². The van der Waals surface area contributed by atoms with Crippen LogP contribution < -0.4 is 0 Å². The lowest BCUT2D eigenvalue weighted by molar-refractivity contribution is -0.202. The van der Waals surface area contributed by atoms with Crippen LogP contribution in [0, 0.1) is 28.6 Å². The molecule has 0 aliphatic heterocycles. The Balaban J connectivity index is 1.85. The van der Waals surface area contributed by atoms with Gasteiger partial charge in [-0.2, -0.15) is 0 Å². The van der Waals surface area contributed by atoms with Crippen LogP contribution in [0.25, 0.3) is 0 Å². The minimum absolute atomic E-state index is 0.0145. The number of alkyl halides is 2. The molecule has 0 bridgehead atoms. The summed E-state index contributed by atoms with van der Waals surface area (Å²) in [5.41, 5.74) is -3.57. The first-order valence-electron chi connectivity index (χ1n) is 12.2. The summed E-state index contributed by atoms with van der Waals surface area (Å²) in [6, 6.07) is 0. The molecule has 4 aliphatic carbocycles. The fraction of sp³-hybridized carbons (Fsp3) is 0.731. The van der Waals surface area contributed by atoms with Gasteiger partial charge in [0.25, 0.3) is 0 Å². The third-order valence-electron chi connectivity index (χ3n) is 9.54. The van der Waals surface area contributed by atoms with Crippen molar-refractivity contribution in [2.24, 2.45) is 28.6 Å². The normalized spacial score (nSPS) is 45.5. The number of fused-ring (bicyclic) bond motifs is 5. The molecule has 5 nitrogen and oxygen atoms in total. The number of aliphatic hydroxyl groups excluding tert-OH is 1. The van der Waals surface area contributed by atoms with Gasteiger partial charge in [-0.1, -0.05) is 33.8 Å². The van der Waals surface area contributed by atoms with E-state index < -0.39 is 63.4 Å². The van der Waals surface area contributed by atoms with E-state index in [1.165, 1.54) is 6.08 Å². The van der Waals surface area contributed by atoms with E-state index in [-0.39, 0.29) is 31.1 Å². The zero-order valence-corrected chi connectivity index (χ0v) is 20.9. The first-order valence-corrected chi connectivity index (χ1v) is 12.5. The second-order valence-electron chi connectivity index (χ2n) is 11.0. The molecular formula is C26H33ClF2O5. The molecule has 0 aromatic heterocycles. The number of esters is 1. The predicted octanol–water partition coefficient (Wildman–Crippen LogP) is 4.79. The summed E-state index contributed by atoms with van der Waals surface area (Å²) < 4.78 is 34.8. The van der Waals surface area contributed by atoms with Crippen LogP contribution in [0.4, 0.5) is 8.78 Å². The molecule has 0 aromatic carbocycles. The second-order valence-corrected chi connectivity index (χ2v) is 11.6. The number of carbonyl (C=O) groups is 3. The number of ketones is 2. The summed E-state index contributed by atoms with van der Waals surface area (Å²) in [5, 5.41) is 11.6. The third-order valence-corrected chi connectivity index (χ3v) is 10.5. The number of ether oxygens (including phenoxy) is 1. The fourth-order valence-corrected chi connectivity index (χ4v) is 8.53. The van der Waals surface area contributed by atoms with Crippen molar-refractivity contribution in [3.63, 3.8) is 0 Å². The highest BCUT2D eigenvalue weighted by molar-refractivity contribution is 6.26. The molecule has 0 unspecified atom stereocenters. The Hall–Kier alpha value is -1.60. The number of aliphatic hydroxyl groups is 1. The van der Waals surface area contributed by atoms with Gasteiger partial charge in [0, 0.05) is 23.2 Å². The highest BCUT2D eigenvalue weighted by atomic mass is 35.5. The molecule has 4 rings (SSSR count). The largest absolute Gasteiger partial charge is 0.450 e. The van der Waals surface area contributed by atoms with Gasteiger partial charge in [0.15, 0.2) is 18.1 Å². The van der Waals surface area contributed by atoms with Crippen molar-refractivity contribution in [3.8, 4) is 0 Å². The van der Waals surface area contributed by atoms with Crippen LogP contribution in [0.2, 0.25) is 0 Å². The summed E-state index contributed by atoms with van der Waals surface area (Å²) in [4.78, 5) is 36.5. The quantitative estimate of drug-likeness (QED) is 0.435. The lowest BCUT2D eigenvalue weighted by Gasteiger charge is -2.64. The van der Waals surface area contributed by atoms with E-state index in [2.05, 4.69) is 0 Å². The molecule has 0 heterocycles. The van der Waals surface area contributed by atoms with Crippen molar-refractivity contribution < 1.29 is 33.0 Å². The van der Waals surface area contributed by atoms with Crippen LogP contribution in [0.1, 0.15) is 66.2 Å². The minimum atomic E-state index is -1.71. The number of allylic oxidation sites excluding steroid dienone is 4. The van der Waals surface area contributed by atoms with Gasteiger partial charge >= 0.3 is 5.97 Å². The van der Waals surface area contributed by atoms with Crippen LogP contribution in [0.5, 0.6) is 0 Å². The number of rotatable bonds is 5. The molecular weight excluding hydrogens is 466 g/mol. The second kappa shape index (κ2) is 8.22. The predicted molar refractivity (Wildman–Crippen MR) is 122 cm³/mol. The Morgan fingerprint density at radius 3 is 2.59 bits per heavy atom. The van der Waals surface area contributed by atoms with Crippen molar-refractivity contribution in [1.82, 2.24) is 0 Å². The zero-order valence-electron chi connectivity index (χ0n) is 20.1. The third kappa shape index (κ3) is 2.95. The summed E-state index contributed by atoms with van der Waals surface area (Å²) >= 11 is 7.31. The van der Waals surface area contributed by atoms with E-state index in [1.54, 1.807) is 26.8 Å². The molecule has 188 valence electrons. The van der Waals surface area contributed by atoms with Gasteiger partial charge in [-0.25, -0.2) is 8.78 Å². The zero-order chi connectivity index (χ0) is 25.3. The topological polar surface area (TPSA) is 80.7 Å².